The van der Waals surface area contributed by atoms with Gasteiger partial charge in [0.2, 0.25) is 0 Å². The molecule has 1 aromatic rings. The molecule has 0 aliphatic heterocycles. The van der Waals surface area contributed by atoms with E-state index in [2.05, 4.69) is 24.2 Å². The Hall–Kier alpha value is -1.41. The summed E-state index contributed by atoms with van der Waals surface area (Å²) in [5.74, 6) is 1.68. The molecule has 1 aromatic heterocycles. The van der Waals surface area contributed by atoms with Gasteiger partial charge in [0.15, 0.2) is 5.82 Å². The van der Waals surface area contributed by atoms with Crippen molar-refractivity contribution in [3.05, 3.63) is 17.8 Å². The van der Waals surface area contributed by atoms with Gasteiger partial charge in [0.05, 0.1) is 11.3 Å². The molecular formula is C11H16N4S. The molecule has 0 radical (unpaired) electrons. The quantitative estimate of drug-likeness (QED) is 0.862. The number of aromatic nitrogens is 1. The SMILES string of the molecule is CSCC(C)N(C)c1nccc(C#N)c1N. The molecule has 1 atom stereocenters. The van der Waals surface area contributed by atoms with E-state index in [0.717, 1.165) is 5.75 Å². The highest BCUT2D eigenvalue weighted by atomic mass is 32.2. The molecular weight excluding hydrogens is 220 g/mol. The number of thioether (sulfide) groups is 1. The van der Waals surface area contributed by atoms with Crippen molar-refractivity contribution < 1.29 is 0 Å². The number of nitrogen functional groups attached to an aromatic ring is 1. The van der Waals surface area contributed by atoms with Crippen LogP contribution < -0.4 is 10.6 Å². The Labute approximate surface area is 100 Å². The number of hydrogen-bond donors (Lipinski definition) is 1. The minimum Gasteiger partial charge on any atom is -0.395 e. The summed E-state index contributed by atoms with van der Waals surface area (Å²) in [6, 6.07) is 4.03. The summed E-state index contributed by atoms with van der Waals surface area (Å²) in [4.78, 5) is 6.24. The summed E-state index contributed by atoms with van der Waals surface area (Å²) < 4.78 is 0. The van der Waals surface area contributed by atoms with Gasteiger partial charge in [-0.3, -0.25) is 0 Å². The van der Waals surface area contributed by atoms with Crippen LogP contribution in [0.2, 0.25) is 0 Å². The van der Waals surface area contributed by atoms with Gasteiger partial charge in [-0.1, -0.05) is 0 Å². The topological polar surface area (TPSA) is 65.9 Å². The lowest BCUT2D eigenvalue weighted by atomic mass is 10.2. The minimum atomic E-state index is 0.332. The van der Waals surface area contributed by atoms with Gasteiger partial charge >= 0.3 is 0 Å². The standard InChI is InChI=1S/C11H16N4S/c1-8(7-16-3)15(2)11-10(13)9(6-12)4-5-14-11/h4-5,8H,7,13H2,1-3H3. The Morgan fingerprint density at radius 1 is 1.69 bits per heavy atom. The van der Waals surface area contributed by atoms with Crippen LogP contribution in [0, 0.1) is 11.3 Å². The molecule has 0 fully saturated rings. The zero-order valence-corrected chi connectivity index (χ0v) is 10.6. The zero-order chi connectivity index (χ0) is 12.1. The number of nitrogens with two attached hydrogens (primary N) is 1. The Bertz CT molecular complexity index is 399. The van der Waals surface area contributed by atoms with Crippen LogP contribution in [0.25, 0.3) is 0 Å². The lowest BCUT2D eigenvalue weighted by Gasteiger charge is -2.26. The van der Waals surface area contributed by atoms with E-state index in [0.29, 0.717) is 23.1 Å². The fourth-order valence-corrected chi connectivity index (χ4v) is 2.11. The molecule has 0 bridgehead atoms. The van der Waals surface area contributed by atoms with Crippen molar-refractivity contribution in [2.24, 2.45) is 0 Å². The second-order valence-electron chi connectivity index (χ2n) is 3.62. The first-order valence-electron chi connectivity index (χ1n) is 4.98. The molecule has 16 heavy (non-hydrogen) atoms. The molecule has 1 unspecified atom stereocenters. The van der Waals surface area contributed by atoms with E-state index in [-0.39, 0.29) is 0 Å². The number of pyridine rings is 1. The van der Waals surface area contributed by atoms with Crippen molar-refractivity contribution in [1.82, 2.24) is 4.98 Å². The number of anilines is 2. The summed E-state index contributed by atoms with van der Waals surface area (Å²) in [5, 5.41) is 8.89. The number of nitrogens with zero attached hydrogens (tertiary/aromatic N) is 3. The molecule has 0 aliphatic rings. The third-order valence-corrected chi connectivity index (χ3v) is 3.31. The fourth-order valence-electron chi connectivity index (χ4n) is 1.40. The highest BCUT2D eigenvalue weighted by molar-refractivity contribution is 7.98. The van der Waals surface area contributed by atoms with Gasteiger partial charge in [-0.2, -0.15) is 17.0 Å². The van der Waals surface area contributed by atoms with Gasteiger partial charge in [0, 0.05) is 25.0 Å². The first kappa shape index (κ1) is 12.7. The normalized spacial score (nSPS) is 11.9. The van der Waals surface area contributed by atoms with Crippen LogP contribution in [-0.2, 0) is 0 Å². The van der Waals surface area contributed by atoms with Crippen LogP contribution in [0.4, 0.5) is 11.5 Å². The molecule has 0 amide bonds. The Balaban J connectivity index is 3.00. The minimum absolute atomic E-state index is 0.332. The number of nitriles is 1. The molecule has 4 nitrogen and oxygen atoms in total. The average molecular weight is 236 g/mol. The van der Waals surface area contributed by atoms with Gasteiger partial charge in [-0.25, -0.2) is 4.98 Å². The second kappa shape index (κ2) is 5.61. The van der Waals surface area contributed by atoms with Crippen LogP contribution in [0.5, 0.6) is 0 Å². The molecule has 0 saturated heterocycles. The van der Waals surface area contributed by atoms with E-state index in [1.807, 2.05) is 11.9 Å². The molecule has 0 aromatic carbocycles. The predicted octanol–water partition coefficient (Wildman–Crippen LogP) is 1.72. The lowest BCUT2D eigenvalue weighted by Crippen LogP contribution is -2.32. The monoisotopic (exact) mass is 236 g/mol. The average Bonchev–Trinajstić information content (AvgIpc) is 2.29. The fraction of sp³-hybridized carbons (Fsp3) is 0.455. The van der Waals surface area contributed by atoms with Crippen LogP contribution in [0.3, 0.4) is 0 Å². The maximum Gasteiger partial charge on any atom is 0.153 e. The molecule has 86 valence electrons. The summed E-state index contributed by atoms with van der Waals surface area (Å²) in [7, 11) is 1.95. The maximum atomic E-state index is 8.89. The molecule has 2 N–H and O–H groups in total. The molecule has 0 saturated carbocycles. The van der Waals surface area contributed by atoms with Crippen molar-refractivity contribution in [3.8, 4) is 6.07 Å². The van der Waals surface area contributed by atoms with Crippen LogP contribution in [0.1, 0.15) is 12.5 Å². The Kier molecular flexibility index (Phi) is 4.44. The van der Waals surface area contributed by atoms with Crippen molar-refractivity contribution in [3.63, 3.8) is 0 Å². The van der Waals surface area contributed by atoms with E-state index in [9.17, 15) is 0 Å². The van der Waals surface area contributed by atoms with Crippen LogP contribution in [0.15, 0.2) is 12.3 Å². The summed E-state index contributed by atoms with van der Waals surface area (Å²) in [5.41, 5.74) is 6.83. The van der Waals surface area contributed by atoms with E-state index in [4.69, 9.17) is 11.0 Å². The van der Waals surface area contributed by atoms with Gasteiger partial charge in [0.1, 0.15) is 6.07 Å². The largest absolute Gasteiger partial charge is 0.395 e. The highest BCUT2D eigenvalue weighted by Crippen LogP contribution is 2.24. The van der Waals surface area contributed by atoms with Crippen molar-refractivity contribution >= 4 is 23.3 Å². The van der Waals surface area contributed by atoms with Crippen molar-refractivity contribution in [2.45, 2.75) is 13.0 Å². The molecule has 1 heterocycles. The van der Waals surface area contributed by atoms with E-state index in [1.54, 1.807) is 24.0 Å². The number of rotatable bonds is 4. The lowest BCUT2D eigenvalue weighted by molar-refractivity contribution is 0.755. The van der Waals surface area contributed by atoms with Gasteiger partial charge in [-0.05, 0) is 19.2 Å². The first-order valence-corrected chi connectivity index (χ1v) is 6.37. The zero-order valence-electron chi connectivity index (χ0n) is 9.77. The maximum absolute atomic E-state index is 8.89. The van der Waals surface area contributed by atoms with Gasteiger partial charge < -0.3 is 10.6 Å². The highest BCUT2D eigenvalue weighted by Gasteiger charge is 2.15. The van der Waals surface area contributed by atoms with Crippen molar-refractivity contribution in [1.29, 1.82) is 5.26 Å². The van der Waals surface area contributed by atoms with Gasteiger partial charge in [0.25, 0.3) is 0 Å². The second-order valence-corrected chi connectivity index (χ2v) is 4.53. The number of hydrogen-bond acceptors (Lipinski definition) is 5. The summed E-state index contributed by atoms with van der Waals surface area (Å²) in [6.45, 7) is 2.11. The molecule has 1 rings (SSSR count). The van der Waals surface area contributed by atoms with Crippen molar-refractivity contribution in [2.75, 3.05) is 29.7 Å². The van der Waals surface area contributed by atoms with E-state index < -0.39 is 0 Å². The predicted molar refractivity (Wildman–Crippen MR) is 69.6 cm³/mol. The smallest absolute Gasteiger partial charge is 0.153 e. The Morgan fingerprint density at radius 2 is 2.38 bits per heavy atom. The van der Waals surface area contributed by atoms with Crippen LogP contribution >= 0.6 is 11.8 Å². The Morgan fingerprint density at radius 3 is 2.94 bits per heavy atom. The third-order valence-electron chi connectivity index (χ3n) is 2.49. The van der Waals surface area contributed by atoms with Crippen LogP contribution in [-0.4, -0.2) is 30.1 Å². The van der Waals surface area contributed by atoms with E-state index in [1.165, 1.54) is 0 Å². The van der Waals surface area contributed by atoms with Gasteiger partial charge in [-0.15, -0.1) is 0 Å². The van der Waals surface area contributed by atoms with E-state index >= 15 is 0 Å². The molecule has 0 aliphatic carbocycles. The summed E-state index contributed by atoms with van der Waals surface area (Å²) in [6.07, 6.45) is 3.68. The molecule has 0 spiro atoms. The molecule has 5 heteroatoms. The first-order chi connectivity index (χ1) is 7.61. The summed E-state index contributed by atoms with van der Waals surface area (Å²) >= 11 is 1.77. The third kappa shape index (κ3) is 2.58.